The van der Waals surface area contributed by atoms with Gasteiger partial charge in [0.25, 0.3) is 0 Å². The van der Waals surface area contributed by atoms with Gasteiger partial charge in [0.2, 0.25) is 5.16 Å². The van der Waals surface area contributed by atoms with E-state index in [1.54, 1.807) is 4.68 Å². The summed E-state index contributed by atoms with van der Waals surface area (Å²) in [5.41, 5.74) is 0. The van der Waals surface area contributed by atoms with E-state index in [9.17, 15) is 5.26 Å². The number of ether oxygens (including phenoxy) is 1. The van der Waals surface area contributed by atoms with Gasteiger partial charge < -0.3 is 4.74 Å². The zero-order valence-corrected chi connectivity index (χ0v) is 13.0. The summed E-state index contributed by atoms with van der Waals surface area (Å²) in [4.78, 5) is 0. The molecule has 0 bridgehead atoms. The normalized spacial score (nSPS) is 24.8. The Bertz CT molecular complexity index is 488. The van der Waals surface area contributed by atoms with E-state index in [1.165, 1.54) is 31.0 Å². The van der Waals surface area contributed by atoms with Gasteiger partial charge in [0.15, 0.2) is 0 Å². The molecule has 0 aromatic carbocycles. The van der Waals surface area contributed by atoms with Crippen LogP contribution in [0.3, 0.4) is 0 Å². The van der Waals surface area contributed by atoms with E-state index in [1.807, 2.05) is 0 Å². The SMILES string of the molecule is N#C[C@@H](Sc1nnnn1C[C@H]1CCCO1)C1CCCCC1. The highest BCUT2D eigenvalue weighted by atomic mass is 32.2. The zero-order valence-electron chi connectivity index (χ0n) is 12.1. The summed E-state index contributed by atoms with van der Waals surface area (Å²) >= 11 is 1.52. The highest BCUT2D eigenvalue weighted by molar-refractivity contribution is 8.00. The lowest BCUT2D eigenvalue weighted by molar-refractivity contribution is 0.0911. The summed E-state index contributed by atoms with van der Waals surface area (Å²) < 4.78 is 7.44. The van der Waals surface area contributed by atoms with E-state index >= 15 is 0 Å². The Kier molecular flexibility index (Phi) is 5.09. The van der Waals surface area contributed by atoms with Gasteiger partial charge in [-0.25, -0.2) is 4.68 Å². The molecule has 1 aliphatic heterocycles. The summed E-state index contributed by atoms with van der Waals surface area (Å²) in [6.45, 7) is 1.52. The van der Waals surface area contributed by atoms with Crippen LogP contribution in [-0.4, -0.2) is 38.2 Å². The average molecular weight is 307 g/mol. The van der Waals surface area contributed by atoms with Crippen molar-refractivity contribution in [1.82, 2.24) is 20.2 Å². The fraction of sp³-hybridized carbons (Fsp3) is 0.857. The molecule has 114 valence electrons. The molecule has 3 rings (SSSR count). The largest absolute Gasteiger partial charge is 0.376 e. The molecule has 0 unspecified atom stereocenters. The molecule has 6 nitrogen and oxygen atoms in total. The van der Waals surface area contributed by atoms with Crippen molar-refractivity contribution in [2.75, 3.05) is 6.61 Å². The van der Waals surface area contributed by atoms with Crippen LogP contribution >= 0.6 is 11.8 Å². The van der Waals surface area contributed by atoms with Crippen LogP contribution in [0.4, 0.5) is 0 Å². The molecule has 1 aromatic heterocycles. The molecule has 2 fully saturated rings. The molecule has 0 N–H and O–H groups in total. The zero-order chi connectivity index (χ0) is 14.5. The molecule has 1 aromatic rings. The average Bonchev–Trinajstić information content (AvgIpc) is 3.18. The summed E-state index contributed by atoms with van der Waals surface area (Å²) in [6.07, 6.45) is 8.47. The maximum atomic E-state index is 9.48. The number of rotatable bonds is 5. The van der Waals surface area contributed by atoms with Crippen molar-refractivity contribution in [2.24, 2.45) is 5.92 Å². The Morgan fingerprint density at radius 1 is 1.29 bits per heavy atom. The highest BCUT2D eigenvalue weighted by Crippen LogP contribution is 2.35. The fourth-order valence-electron chi connectivity index (χ4n) is 3.16. The second-order valence-corrected chi connectivity index (χ2v) is 6.95. The van der Waals surface area contributed by atoms with Gasteiger partial charge in [0.1, 0.15) is 5.25 Å². The van der Waals surface area contributed by atoms with Gasteiger partial charge in [0.05, 0.1) is 18.7 Å². The van der Waals surface area contributed by atoms with E-state index in [0.29, 0.717) is 12.5 Å². The Hall–Kier alpha value is -1.13. The van der Waals surface area contributed by atoms with Crippen LogP contribution in [-0.2, 0) is 11.3 Å². The van der Waals surface area contributed by atoms with E-state index in [2.05, 4.69) is 21.6 Å². The fourth-order valence-corrected chi connectivity index (χ4v) is 4.22. The molecule has 1 saturated heterocycles. The molecular weight excluding hydrogens is 286 g/mol. The van der Waals surface area contributed by atoms with E-state index < -0.39 is 0 Å². The standard InChI is InChI=1S/C14H21N5OS/c15-9-13(11-5-2-1-3-6-11)21-14-16-17-18-19(14)10-12-7-4-8-20-12/h11-13H,1-8,10H2/t12-,13-/m1/s1. The summed E-state index contributed by atoms with van der Waals surface area (Å²) in [5.74, 6) is 0.474. The first kappa shape index (κ1) is 14.8. The predicted molar refractivity (Wildman–Crippen MR) is 78.6 cm³/mol. The van der Waals surface area contributed by atoms with Crippen LogP contribution in [0.25, 0.3) is 0 Å². The molecule has 0 amide bonds. The Balaban J connectivity index is 1.63. The minimum absolute atomic E-state index is 0.0421. The lowest BCUT2D eigenvalue weighted by atomic mass is 9.87. The number of nitriles is 1. The summed E-state index contributed by atoms with van der Waals surface area (Å²) in [5, 5.41) is 22.1. The van der Waals surface area contributed by atoms with Gasteiger partial charge >= 0.3 is 0 Å². The third-order valence-electron chi connectivity index (χ3n) is 4.34. The van der Waals surface area contributed by atoms with E-state index in [0.717, 1.165) is 37.4 Å². The van der Waals surface area contributed by atoms with Crippen LogP contribution in [0.15, 0.2) is 5.16 Å². The molecule has 7 heteroatoms. The lowest BCUT2D eigenvalue weighted by Gasteiger charge is -2.24. The summed E-state index contributed by atoms with van der Waals surface area (Å²) in [7, 11) is 0. The number of nitrogens with zero attached hydrogens (tertiary/aromatic N) is 5. The Morgan fingerprint density at radius 3 is 2.86 bits per heavy atom. The predicted octanol–water partition coefficient (Wildman–Crippen LogP) is 2.42. The maximum absolute atomic E-state index is 9.48. The van der Waals surface area contributed by atoms with Gasteiger partial charge in [-0.05, 0) is 42.0 Å². The smallest absolute Gasteiger partial charge is 0.210 e. The van der Waals surface area contributed by atoms with Crippen LogP contribution in [0, 0.1) is 17.2 Å². The van der Waals surface area contributed by atoms with Crippen LogP contribution in [0.1, 0.15) is 44.9 Å². The molecule has 2 heterocycles. The molecule has 1 aliphatic carbocycles. The van der Waals surface area contributed by atoms with Crippen molar-refractivity contribution in [3.63, 3.8) is 0 Å². The third kappa shape index (κ3) is 3.74. The first-order valence-corrected chi connectivity index (χ1v) is 8.69. The summed E-state index contributed by atoms with van der Waals surface area (Å²) in [6, 6.07) is 2.45. The van der Waals surface area contributed by atoms with Gasteiger partial charge in [-0.3, -0.25) is 0 Å². The molecule has 2 aliphatic rings. The molecule has 0 radical (unpaired) electrons. The molecular formula is C14H21N5OS. The maximum Gasteiger partial charge on any atom is 0.210 e. The van der Waals surface area contributed by atoms with Gasteiger partial charge in [-0.1, -0.05) is 31.0 Å². The Morgan fingerprint density at radius 2 is 2.14 bits per heavy atom. The minimum atomic E-state index is -0.0421. The van der Waals surface area contributed by atoms with Crippen molar-refractivity contribution in [2.45, 2.75) is 68.0 Å². The highest BCUT2D eigenvalue weighted by Gasteiger charge is 2.27. The van der Waals surface area contributed by atoms with Crippen molar-refractivity contribution in [3.8, 4) is 6.07 Å². The third-order valence-corrected chi connectivity index (χ3v) is 5.58. The first-order chi connectivity index (χ1) is 10.4. The van der Waals surface area contributed by atoms with Crippen molar-refractivity contribution < 1.29 is 4.74 Å². The van der Waals surface area contributed by atoms with Crippen LogP contribution < -0.4 is 0 Å². The van der Waals surface area contributed by atoms with Crippen molar-refractivity contribution >= 4 is 11.8 Å². The number of hydrogen-bond acceptors (Lipinski definition) is 6. The minimum Gasteiger partial charge on any atom is -0.376 e. The number of hydrogen-bond donors (Lipinski definition) is 0. The number of aromatic nitrogens is 4. The second kappa shape index (κ2) is 7.23. The van der Waals surface area contributed by atoms with E-state index in [4.69, 9.17) is 4.74 Å². The number of thioether (sulfide) groups is 1. The molecule has 1 saturated carbocycles. The van der Waals surface area contributed by atoms with Gasteiger partial charge in [-0.2, -0.15) is 5.26 Å². The first-order valence-electron chi connectivity index (χ1n) is 7.81. The van der Waals surface area contributed by atoms with Crippen LogP contribution in [0.2, 0.25) is 0 Å². The van der Waals surface area contributed by atoms with Gasteiger partial charge in [-0.15, -0.1) is 5.10 Å². The monoisotopic (exact) mass is 307 g/mol. The van der Waals surface area contributed by atoms with E-state index in [-0.39, 0.29) is 11.4 Å². The van der Waals surface area contributed by atoms with Crippen molar-refractivity contribution in [1.29, 1.82) is 5.26 Å². The quantitative estimate of drug-likeness (QED) is 0.778. The molecule has 0 spiro atoms. The Labute approximate surface area is 129 Å². The van der Waals surface area contributed by atoms with Gasteiger partial charge in [0, 0.05) is 6.61 Å². The topological polar surface area (TPSA) is 76.6 Å². The second-order valence-electron chi connectivity index (χ2n) is 5.84. The molecule has 21 heavy (non-hydrogen) atoms. The van der Waals surface area contributed by atoms with Crippen LogP contribution in [0.5, 0.6) is 0 Å². The van der Waals surface area contributed by atoms with Crippen molar-refractivity contribution in [3.05, 3.63) is 0 Å². The number of tetrazole rings is 1. The molecule has 2 atom stereocenters. The lowest BCUT2D eigenvalue weighted by Crippen LogP contribution is -2.21.